The second kappa shape index (κ2) is 7.37. The number of piperazine rings is 1. The third-order valence-electron chi connectivity index (χ3n) is 4.42. The lowest BCUT2D eigenvalue weighted by Crippen LogP contribution is -2.52. The van der Waals surface area contributed by atoms with Crippen LogP contribution in [0.3, 0.4) is 0 Å². The van der Waals surface area contributed by atoms with Gasteiger partial charge in [0, 0.05) is 31.2 Å². The van der Waals surface area contributed by atoms with Gasteiger partial charge in [0.1, 0.15) is 0 Å². The minimum atomic E-state index is -3.43. The Morgan fingerprint density at radius 2 is 1.80 bits per heavy atom. The molecule has 0 bridgehead atoms. The lowest BCUT2D eigenvalue weighted by molar-refractivity contribution is 0.0655. The van der Waals surface area contributed by atoms with Crippen LogP contribution < -0.4 is 5.32 Å². The van der Waals surface area contributed by atoms with Crippen molar-refractivity contribution < 1.29 is 13.2 Å². The molecule has 1 atom stereocenters. The number of carbonyl (C=O) groups is 1. The maximum absolute atomic E-state index is 12.6. The Bertz CT molecular complexity index is 833. The molecule has 25 heavy (non-hydrogen) atoms. The summed E-state index contributed by atoms with van der Waals surface area (Å²) in [6, 6.07) is 15.5. The molecule has 0 radical (unpaired) electrons. The molecule has 1 fully saturated rings. The zero-order chi connectivity index (χ0) is 17.9. The molecule has 3 rings (SSSR count). The molecular formula is C19H22N2O3S. The van der Waals surface area contributed by atoms with Crippen LogP contribution in [0.4, 0.5) is 0 Å². The number of rotatable bonds is 4. The fourth-order valence-corrected chi connectivity index (χ4v) is 4.34. The quantitative estimate of drug-likeness (QED) is 0.909. The maximum Gasteiger partial charge on any atom is 0.254 e. The van der Waals surface area contributed by atoms with Crippen molar-refractivity contribution in [1.82, 2.24) is 10.2 Å². The summed E-state index contributed by atoms with van der Waals surface area (Å²) in [7, 11) is -3.43. The smallest absolute Gasteiger partial charge is 0.254 e. The summed E-state index contributed by atoms with van der Waals surface area (Å²) in [5.41, 5.74) is 1.27. The molecule has 0 aliphatic carbocycles. The summed E-state index contributed by atoms with van der Waals surface area (Å²) >= 11 is 0. The van der Waals surface area contributed by atoms with Gasteiger partial charge in [0.2, 0.25) is 0 Å². The van der Waals surface area contributed by atoms with E-state index in [4.69, 9.17) is 0 Å². The summed E-state index contributed by atoms with van der Waals surface area (Å²) in [5.74, 6) is -0.100. The largest absolute Gasteiger partial charge is 0.333 e. The summed E-state index contributed by atoms with van der Waals surface area (Å²) in [5, 5.41) is 3.25. The highest BCUT2D eigenvalue weighted by Crippen LogP contribution is 2.18. The van der Waals surface area contributed by atoms with Crippen molar-refractivity contribution in [2.45, 2.75) is 23.6 Å². The van der Waals surface area contributed by atoms with Crippen LogP contribution in [0.25, 0.3) is 0 Å². The van der Waals surface area contributed by atoms with E-state index in [0.717, 1.165) is 18.7 Å². The van der Waals surface area contributed by atoms with Gasteiger partial charge in [-0.15, -0.1) is 0 Å². The van der Waals surface area contributed by atoms with Crippen molar-refractivity contribution in [3.8, 4) is 0 Å². The van der Waals surface area contributed by atoms with Crippen molar-refractivity contribution in [2.24, 2.45) is 0 Å². The first-order valence-electron chi connectivity index (χ1n) is 8.36. The number of nitrogens with one attached hydrogen (secondary N) is 1. The fourth-order valence-electron chi connectivity index (χ4n) is 2.99. The highest BCUT2D eigenvalue weighted by atomic mass is 32.2. The van der Waals surface area contributed by atoms with Gasteiger partial charge in [0.05, 0.1) is 10.6 Å². The second-order valence-corrected chi connectivity index (χ2v) is 8.31. The van der Waals surface area contributed by atoms with Gasteiger partial charge in [0.25, 0.3) is 5.91 Å². The van der Waals surface area contributed by atoms with Crippen LogP contribution in [-0.4, -0.2) is 44.9 Å². The van der Waals surface area contributed by atoms with E-state index in [9.17, 15) is 13.2 Å². The van der Waals surface area contributed by atoms with E-state index in [0.29, 0.717) is 12.1 Å². The minimum Gasteiger partial charge on any atom is -0.333 e. The van der Waals surface area contributed by atoms with E-state index < -0.39 is 9.84 Å². The maximum atomic E-state index is 12.6. The topological polar surface area (TPSA) is 66.5 Å². The lowest BCUT2D eigenvalue weighted by Gasteiger charge is -2.34. The molecule has 6 heteroatoms. The van der Waals surface area contributed by atoms with E-state index in [1.165, 1.54) is 12.1 Å². The van der Waals surface area contributed by atoms with Crippen LogP contribution in [-0.2, 0) is 15.6 Å². The Balaban J connectivity index is 1.76. The molecule has 2 aromatic rings. The summed E-state index contributed by atoms with van der Waals surface area (Å²) in [6.07, 6.45) is 0. The van der Waals surface area contributed by atoms with E-state index in [2.05, 4.69) is 5.32 Å². The van der Waals surface area contributed by atoms with Crippen LogP contribution in [0.2, 0.25) is 0 Å². The predicted octanol–water partition coefficient (Wildman–Crippen LogP) is 2.09. The number of nitrogens with zero attached hydrogens (tertiary/aromatic N) is 1. The van der Waals surface area contributed by atoms with Gasteiger partial charge < -0.3 is 10.2 Å². The van der Waals surface area contributed by atoms with Crippen molar-refractivity contribution in [3.63, 3.8) is 0 Å². The molecule has 1 aliphatic rings. The van der Waals surface area contributed by atoms with Crippen molar-refractivity contribution >= 4 is 15.7 Å². The van der Waals surface area contributed by atoms with Crippen molar-refractivity contribution in [1.29, 1.82) is 0 Å². The zero-order valence-electron chi connectivity index (χ0n) is 14.2. The molecule has 5 nitrogen and oxygen atoms in total. The number of hydrogen-bond acceptors (Lipinski definition) is 4. The SMILES string of the molecule is CC1CNCCN1C(=O)c1ccc(S(=O)(=O)Cc2ccccc2)cc1. The van der Waals surface area contributed by atoms with Gasteiger partial charge in [-0.2, -0.15) is 0 Å². The molecule has 1 heterocycles. The number of benzene rings is 2. The third-order valence-corrected chi connectivity index (χ3v) is 6.13. The molecule has 1 N–H and O–H groups in total. The fraction of sp³-hybridized carbons (Fsp3) is 0.316. The van der Waals surface area contributed by atoms with Crippen molar-refractivity contribution in [2.75, 3.05) is 19.6 Å². The Morgan fingerprint density at radius 1 is 1.12 bits per heavy atom. The monoisotopic (exact) mass is 358 g/mol. The molecular weight excluding hydrogens is 336 g/mol. The van der Waals surface area contributed by atoms with Crippen LogP contribution in [0.15, 0.2) is 59.5 Å². The van der Waals surface area contributed by atoms with Crippen LogP contribution in [0, 0.1) is 0 Å². The number of sulfone groups is 1. The Kier molecular flexibility index (Phi) is 5.20. The average molecular weight is 358 g/mol. The normalized spacial score (nSPS) is 18.1. The highest BCUT2D eigenvalue weighted by Gasteiger charge is 2.24. The molecule has 1 aliphatic heterocycles. The van der Waals surface area contributed by atoms with E-state index in [1.807, 2.05) is 30.0 Å². The summed E-state index contributed by atoms with van der Waals surface area (Å²) < 4.78 is 25.1. The molecule has 132 valence electrons. The Hall–Kier alpha value is -2.18. The number of carbonyl (C=O) groups excluding carboxylic acids is 1. The second-order valence-electron chi connectivity index (χ2n) is 6.32. The van der Waals surface area contributed by atoms with Gasteiger partial charge >= 0.3 is 0 Å². The Morgan fingerprint density at radius 3 is 2.44 bits per heavy atom. The summed E-state index contributed by atoms with van der Waals surface area (Å²) in [6.45, 7) is 4.21. The van der Waals surface area contributed by atoms with Crippen LogP contribution >= 0.6 is 0 Å². The molecule has 0 saturated carbocycles. The highest BCUT2D eigenvalue weighted by molar-refractivity contribution is 7.90. The first-order valence-corrected chi connectivity index (χ1v) is 10.0. The van der Waals surface area contributed by atoms with E-state index in [1.54, 1.807) is 24.3 Å². The minimum absolute atomic E-state index is 0.0457. The zero-order valence-corrected chi connectivity index (χ0v) is 15.0. The van der Waals surface area contributed by atoms with Crippen molar-refractivity contribution in [3.05, 3.63) is 65.7 Å². The summed E-state index contributed by atoms with van der Waals surface area (Å²) in [4.78, 5) is 14.7. The molecule has 1 unspecified atom stereocenters. The number of hydrogen-bond donors (Lipinski definition) is 1. The van der Waals surface area contributed by atoms with Gasteiger partial charge in [-0.3, -0.25) is 4.79 Å². The van der Waals surface area contributed by atoms with Gasteiger partial charge in [0.15, 0.2) is 9.84 Å². The van der Waals surface area contributed by atoms with Gasteiger partial charge in [-0.25, -0.2) is 8.42 Å². The van der Waals surface area contributed by atoms with Gasteiger partial charge in [-0.05, 0) is 36.8 Å². The molecule has 0 spiro atoms. The van der Waals surface area contributed by atoms with Gasteiger partial charge in [-0.1, -0.05) is 30.3 Å². The Labute approximate surface area is 148 Å². The standard InChI is InChI=1S/C19H22N2O3S/c1-15-13-20-11-12-21(15)19(22)17-7-9-18(10-8-17)25(23,24)14-16-5-3-2-4-6-16/h2-10,15,20H,11-14H2,1H3. The molecule has 1 amide bonds. The third kappa shape index (κ3) is 4.08. The van der Waals surface area contributed by atoms with E-state index >= 15 is 0 Å². The van der Waals surface area contributed by atoms with Crippen LogP contribution in [0.1, 0.15) is 22.8 Å². The number of amides is 1. The first-order chi connectivity index (χ1) is 12.0. The molecule has 2 aromatic carbocycles. The average Bonchev–Trinajstić information content (AvgIpc) is 2.62. The molecule has 0 aromatic heterocycles. The molecule has 1 saturated heterocycles. The predicted molar refractivity (Wildman–Crippen MR) is 97.1 cm³/mol. The lowest BCUT2D eigenvalue weighted by atomic mass is 10.1. The van der Waals surface area contributed by atoms with E-state index in [-0.39, 0.29) is 22.6 Å². The first kappa shape index (κ1) is 17.6. The van der Waals surface area contributed by atoms with Crippen LogP contribution in [0.5, 0.6) is 0 Å².